The molecule has 5 nitrogen and oxygen atoms in total. The van der Waals surface area contributed by atoms with Crippen LogP contribution in [0.2, 0.25) is 0 Å². The second-order valence-electron chi connectivity index (χ2n) is 7.87. The van der Waals surface area contributed by atoms with Gasteiger partial charge in [0.25, 0.3) is 5.91 Å². The monoisotopic (exact) mass is 402 g/mol. The molecular formula is C21H21F3N4O. The molecule has 152 valence electrons. The SMILES string of the molecule is CC(C)[C@H]1C[C@H](n2cc3cc(NC(=O)c4cccc(C(F)(F)F)n4)ccc3n2)C1. The lowest BCUT2D eigenvalue weighted by Crippen LogP contribution is -2.30. The summed E-state index contributed by atoms with van der Waals surface area (Å²) in [5.74, 6) is 0.700. The first-order valence-electron chi connectivity index (χ1n) is 9.55. The number of hydrogen-bond donors (Lipinski definition) is 1. The molecule has 1 N–H and O–H groups in total. The Bertz CT molecular complexity index is 1050. The van der Waals surface area contributed by atoms with E-state index in [4.69, 9.17) is 0 Å². The molecule has 0 radical (unpaired) electrons. The van der Waals surface area contributed by atoms with Crippen LogP contribution in [0.5, 0.6) is 0 Å². The molecule has 4 rings (SSSR count). The van der Waals surface area contributed by atoms with Crippen molar-refractivity contribution in [1.82, 2.24) is 14.8 Å². The summed E-state index contributed by atoms with van der Waals surface area (Å²) in [6, 6.07) is 8.89. The number of fused-ring (bicyclic) bond motifs is 1. The van der Waals surface area contributed by atoms with Gasteiger partial charge in [0.2, 0.25) is 0 Å². The first kappa shape index (κ1) is 19.4. The first-order valence-corrected chi connectivity index (χ1v) is 9.55. The number of alkyl halides is 3. The molecule has 1 saturated carbocycles. The number of rotatable bonds is 4. The maximum absolute atomic E-state index is 12.8. The van der Waals surface area contributed by atoms with Crippen LogP contribution in [0.25, 0.3) is 10.9 Å². The zero-order valence-electron chi connectivity index (χ0n) is 16.1. The van der Waals surface area contributed by atoms with Crippen LogP contribution in [0.3, 0.4) is 0 Å². The van der Waals surface area contributed by atoms with Gasteiger partial charge in [-0.3, -0.25) is 9.48 Å². The fourth-order valence-corrected chi connectivity index (χ4v) is 3.61. The average molecular weight is 402 g/mol. The van der Waals surface area contributed by atoms with E-state index in [1.54, 1.807) is 18.2 Å². The van der Waals surface area contributed by atoms with E-state index in [1.807, 2.05) is 10.9 Å². The third-order valence-corrected chi connectivity index (χ3v) is 5.52. The van der Waals surface area contributed by atoms with Crippen LogP contribution < -0.4 is 5.32 Å². The lowest BCUT2D eigenvalue weighted by Gasteiger charge is -2.38. The minimum atomic E-state index is -4.60. The van der Waals surface area contributed by atoms with Crippen molar-refractivity contribution in [1.29, 1.82) is 0 Å². The lowest BCUT2D eigenvalue weighted by molar-refractivity contribution is -0.141. The molecule has 3 aromatic rings. The number of amides is 1. The first-order chi connectivity index (χ1) is 13.7. The van der Waals surface area contributed by atoms with Crippen LogP contribution in [-0.2, 0) is 6.18 Å². The van der Waals surface area contributed by atoms with Gasteiger partial charge in [-0.15, -0.1) is 0 Å². The van der Waals surface area contributed by atoms with Crippen LogP contribution in [-0.4, -0.2) is 20.7 Å². The van der Waals surface area contributed by atoms with Crippen LogP contribution in [0.1, 0.15) is 48.9 Å². The van der Waals surface area contributed by atoms with Gasteiger partial charge in [-0.2, -0.15) is 18.3 Å². The van der Waals surface area contributed by atoms with Gasteiger partial charge in [0, 0.05) is 17.3 Å². The molecule has 2 aromatic heterocycles. The maximum Gasteiger partial charge on any atom is 0.433 e. The highest BCUT2D eigenvalue weighted by Crippen LogP contribution is 2.42. The van der Waals surface area contributed by atoms with Crippen molar-refractivity contribution in [2.75, 3.05) is 5.32 Å². The van der Waals surface area contributed by atoms with E-state index >= 15 is 0 Å². The van der Waals surface area contributed by atoms with Crippen molar-refractivity contribution in [3.8, 4) is 0 Å². The Kier molecular flexibility index (Phi) is 4.80. The van der Waals surface area contributed by atoms with Gasteiger partial charge in [0.05, 0.1) is 11.6 Å². The number of anilines is 1. The molecule has 0 saturated heterocycles. The quantitative estimate of drug-likeness (QED) is 0.643. The smallest absolute Gasteiger partial charge is 0.321 e. The summed E-state index contributed by atoms with van der Waals surface area (Å²) in [6.07, 6.45) is -0.429. The molecular weight excluding hydrogens is 381 g/mol. The van der Waals surface area contributed by atoms with E-state index in [0.29, 0.717) is 17.6 Å². The zero-order chi connectivity index (χ0) is 20.8. The van der Waals surface area contributed by atoms with Crippen molar-refractivity contribution in [2.45, 2.75) is 38.9 Å². The van der Waals surface area contributed by atoms with Gasteiger partial charge in [0.1, 0.15) is 11.4 Å². The van der Waals surface area contributed by atoms with E-state index in [1.165, 1.54) is 12.1 Å². The fourth-order valence-electron chi connectivity index (χ4n) is 3.61. The minimum absolute atomic E-state index is 0.287. The van der Waals surface area contributed by atoms with Gasteiger partial charge in [-0.1, -0.05) is 19.9 Å². The van der Waals surface area contributed by atoms with Crippen molar-refractivity contribution < 1.29 is 18.0 Å². The van der Waals surface area contributed by atoms with E-state index in [0.717, 1.165) is 35.7 Å². The molecule has 1 fully saturated rings. The standard InChI is InChI=1S/C21H21F3N4O/c1-12(2)13-9-16(10-13)28-11-14-8-15(6-7-17(14)27-28)25-20(29)18-4-3-5-19(26-18)21(22,23)24/h3-8,11-13,16H,9-10H2,1-2H3,(H,25,29)/t13-,16-. The van der Waals surface area contributed by atoms with Crippen molar-refractivity contribution in [3.05, 3.63) is 54.0 Å². The second kappa shape index (κ2) is 7.17. The topological polar surface area (TPSA) is 59.8 Å². The van der Waals surface area contributed by atoms with E-state index in [9.17, 15) is 18.0 Å². The molecule has 1 amide bonds. The van der Waals surface area contributed by atoms with E-state index in [2.05, 4.69) is 29.2 Å². The predicted octanol–water partition coefficient (Wildman–Crippen LogP) is 5.31. The largest absolute Gasteiger partial charge is 0.433 e. The Morgan fingerprint density at radius 3 is 2.66 bits per heavy atom. The summed E-state index contributed by atoms with van der Waals surface area (Å²) in [6.45, 7) is 4.46. The molecule has 0 spiro atoms. The number of benzene rings is 1. The van der Waals surface area contributed by atoms with E-state index in [-0.39, 0.29) is 5.69 Å². The van der Waals surface area contributed by atoms with Crippen molar-refractivity contribution >= 4 is 22.5 Å². The molecule has 0 unspecified atom stereocenters. The molecule has 1 aliphatic rings. The third-order valence-electron chi connectivity index (χ3n) is 5.52. The number of carbonyl (C=O) groups excluding carboxylic acids is 1. The molecule has 0 atom stereocenters. The van der Waals surface area contributed by atoms with Gasteiger partial charge < -0.3 is 5.32 Å². The molecule has 29 heavy (non-hydrogen) atoms. The Morgan fingerprint density at radius 1 is 1.21 bits per heavy atom. The highest BCUT2D eigenvalue weighted by Gasteiger charge is 2.33. The molecule has 1 aromatic carbocycles. The summed E-state index contributed by atoms with van der Waals surface area (Å²) in [7, 11) is 0. The summed E-state index contributed by atoms with van der Waals surface area (Å²) in [5.41, 5.74) is -0.0880. The third kappa shape index (κ3) is 3.97. The number of hydrogen-bond acceptors (Lipinski definition) is 3. The fraction of sp³-hybridized carbons (Fsp3) is 0.381. The predicted molar refractivity (Wildman–Crippen MR) is 104 cm³/mol. The summed E-state index contributed by atoms with van der Waals surface area (Å²) in [5, 5.41) is 8.09. The summed E-state index contributed by atoms with van der Waals surface area (Å²) < 4.78 is 40.4. The van der Waals surface area contributed by atoms with Gasteiger partial charge in [0.15, 0.2) is 0 Å². The lowest BCUT2D eigenvalue weighted by atomic mass is 9.74. The maximum atomic E-state index is 12.8. The highest BCUT2D eigenvalue weighted by atomic mass is 19.4. The summed E-state index contributed by atoms with van der Waals surface area (Å²) in [4.78, 5) is 15.8. The number of pyridine rings is 1. The van der Waals surface area contributed by atoms with Crippen LogP contribution in [0.15, 0.2) is 42.6 Å². The minimum Gasteiger partial charge on any atom is -0.321 e. The van der Waals surface area contributed by atoms with Crippen molar-refractivity contribution in [3.63, 3.8) is 0 Å². The number of aromatic nitrogens is 3. The van der Waals surface area contributed by atoms with Gasteiger partial charge >= 0.3 is 6.18 Å². The van der Waals surface area contributed by atoms with Crippen molar-refractivity contribution in [2.24, 2.45) is 11.8 Å². The van der Waals surface area contributed by atoms with Crippen LogP contribution >= 0.6 is 0 Å². The molecule has 1 aliphatic carbocycles. The molecule has 0 aliphatic heterocycles. The average Bonchev–Trinajstić information content (AvgIpc) is 3.02. The summed E-state index contributed by atoms with van der Waals surface area (Å²) >= 11 is 0. The number of nitrogens with one attached hydrogen (secondary N) is 1. The molecule has 0 bridgehead atoms. The Labute approximate surface area is 165 Å². The number of carbonyl (C=O) groups is 1. The Morgan fingerprint density at radius 2 is 1.97 bits per heavy atom. The van der Waals surface area contributed by atoms with Gasteiger partial charge in [-0.25, -0.2) is 4.98 Å². The Balaban J connectivity index is 1.49. The van der Waals surface area contributed by atoms with Crippen LogP contribution in [0.4, 0.5) is 18.9 Å². The molecule has 2 heterocycles. The second-order valence-corrected chi connectivity index (χ2v) is 7.87. The van der Waals surface area contributed by atoms with E-state index < -0.39 is 17.8 Å². The molecule has 8 heteroatoms. The van der Waals surface area contributed by atoms with Gasteiger partial charge in [-0.05, 0) is 55.0 Å². The number of halogens is 3. The highest BCUT2D eigenvalue weighted by molar-refractivity contribution is 6.03. The van der Waals surface area contributed by atoms with Crippen LogP contribution in [0, 0.1) is 11.8 Å². The number of nitrogens with zero attached hydrogens (tertiary/aromatic N) is 3. The zero-order valence-corrected chi connectivity index (χ0v) is 16.1. The Hall–Kier alpha value is -2.90. The normalized spacial score (nSPS) is 19.4.